The van der Waals surface area contributed by atoms with E-state index in [2.05, 4.69) is 4.98 Å². The van der Waals surface area contributed by atoms with E-state index in [1.165, 1.54) is 12.1 Å². The maximum absolute atomic E-state index is 13.0. The number of para-hydroxylation sites is 2. The number of aromatic nitrogens is 1. The van der Waals surface area contributed by atoms with Crippen LogP contribution in [0.25, 0.3) is 11.1 Å². The molecule has 1 aromatic heterocycles. The molecule has 22 heavy (non-hydrogen) atoms. The molecule has 1 saturated heterocycles. The zero-order valence-corrected chi connectivity index (χ0v) is 11.7. The number of rotatable bonds is 2. The van der Waals surface area contributed by atoms with Gasteiger partial charge in [0, 0.05) is 18.7 Å². The van der Waals surface area contributed by atoms with Crippen molar-refractivity contribution in [3.05, 3.63) is 60.2 Å². The van der Waals surface area contributed by atoms with Gasteiger partial charge in [0.2, 0.25) is 11.8 Å². The van der Waals surface area contributed by atoms with Crippen LogP contribution in [0.15, 0.2) is 52.9 Å². The van der Waals surface area contributed by atoms with E-state index in [1.807, 2.05) is 24.3 Å². The minimum absolute atomic E-state index is 0.00105. The van der Waals surface area contributed by atoms with Crippen LogP contribution in [0.1, 0.15) is 18.2 Å². The molecule has 1 atom stereocenters. The highest BCUT2D eigenvalue weighted by Crippen LogP contribution is 2.32. The summed E-state index contributed by atoms with van der Waals surface area (Å²) in [6.45, 7) is 0.497. The van der Waals surface area contributed by atoms with E-state index < -0.39 is 0 Å². The molecule has 5 heteroatoms. The van der Waals surface area contributed by atoms with Crippen molar-refractivity contribution in [2.24, 2.45) is 0 Å². The molecular formula is C17H13FN2O2. The summed E-state index contributed by atoms with van der Waals surface area (Å²) in [6.07, 6.45) is 0.351. The molecule has 4 rings (SSSR count). The summed E-state index contributed by atoms with van der Waals surface area (Å²) in [6, 6.07) is 13.5. The number of amides is 1. The summed E-state index contributed by atoms with van der Waals surface area (Å²) in [7, 11) is 0. The number of carbonyl (C=O) groups is 1. The molecule has 2 aromatic carbocycles. The number of fused-ring (bicyclic) bond motifs is 1. The van der Waals surface area contributed by atoms with E-state index in [1.54, 1.807) is 17.0 Å². The minimum atomic E-state index is -0.314. The monoisotopic (exact) mass is 296 g/mol. The molecule has 1 fully saturated rings. The van der Waals surface area contributed by atoms with E-state index >= 15 is 0 Å². The number of benzene rings is 2. The summed E-state index contributed by atoms with van der Waals surface area (Å²) in [5.41, 5.74) is 2.22. The Balaban J connectivity index is 1.62. The largest absolute Gasteiger partial charge is 0.440 e. The van der Waals surface area contributed by atoms with Gasteiger partial charge in [-0.2, -0.15) is 0 Å². The first-order valence-electron chi connectivity index (χ1n) is 7.12. The molecule has 0 radical (unpaired) electrons. The number of halogens is 1. The molecule has 0 bridgehead atoms. The quantitative estimate of drug-likeness (QED) is 0.727. The van der Waals surface area contributed by atoms with Gasteiger partial charge in [-0.1, -0.05) is 12.1 Å². The van der Waals surface area contributed by atoms with Crippen molar-refractivity contribution >= 4 is 22.7 Å². The Morgan fingerprint density at radius 1 is 1.14 bits per heavy atom. The zero-order chi connectivity index (χ0) is 15.1. The van der Waals surface area contributed by atoms with E-state index in [0.717, 1.165) is 11.1 Å². The van der Waals surface area contributed by atoms with Gasteiger partial charge < -0.3 is 9.32 Å². The summed E-state index contributed by atoms with van der Waals surface area (Å²) < 4.78 is 18.8. The van der Waals surface area contributed by atoms with Crippen LogP contribution in [0.5, 0.6) is 0 Å². The molecule has 3 aromatic rings. The fraction of sp³-hybridized carbons (Fsp3) is 0.176. The third kappa shape index (κ3) is 2.15. The first-order valence-corrected chi connectivity index (χ1v) is 7.12. The highest BCUT2D eigenvalue weighted by molar-refractivity contribution is 5.96. The van der Waals surface area contributed by atoms with Gasteiger partial charge in [0.05, 0.1) is 5.92 Å². The van der Waals surface area contributed by atoms with Crippen LogP contribution < -0.4 is 4.90 Å². The fourth-order valence-electron chi connectivity index (χ4n) is 2.81. The molecule has 1 aliphatic heterocycles. The zero-order valence-electron chi connectivity index (χ0n) is 11.7. The summed E-state index contributed by atoms with van der Waals surface area (Å²) in [5, 5.41) is 0. The van der Waals surface area contributed by atoms with Gasteiger partial charge in [-0.15, -0.1) is 0 Å². The van der Waals surface area contributed by atoms with E-state index in [-0.39, 0.29) is 17.6 Å². The number of hydrogen-bond acceptors (Lipinski definition) is 3. The van der Waals surface area contributed by atoms with Gasteiger partial charge in [-0.05, 0) is 36.4 Å². The second-order valence-corrected chi connectivity index (χ2v) is 5.40. The summed E-state index contributed by atoms with van der Waals surface area (Å²) >= 11 is 0. The lowest BCUT2D eigenvalue weighted by atomic mass is 10.1. The van der Waals surface area contributed by atoms with Gasteiger partial charge in [0.15, 0.2) is 5.58 Å². The number of oxazole rings is 1. The maximum Gasteiger partial charge on any atom is 0.227 e. The molecule has 0 N–H and O–H groups in total. The van der Waals surface area contributed by atoms with Gasteiger partial charge in [0.1, 0.15) is 11.3 Å². The van der Waals surface area contributed by atoms with Crippen molar-refractivity contribution < 1.29 is 13.6 Å². The predicted octanol–water partition coefficient (Wildman–Crippen LogP) is 3.49. The smallest absolute Gasteiger partial charge is 0.227 e. The molecule has 1 aliphatic rings. The van der Waals surface area contributed by atoms with Crippen molar-refractivity contribution in [3.63, 3.8) is 0 Å². The first-order chi connectivity index (χ1) is 10.7. The normalized spacial score (nSPS) is 18.3. The van der Waals surface area contributed by atoms with Gasteiger partial charge in [0.25, 0.3) is 0 Å². The number of carbonyl (C=O) groups excluding carboxylic acids is 1. The highest BCUT2D eigenvalue weighted by atomic mass is 19.1. The highest BCUT2D eigenvalue weighted by Gasteiger charge is 2.34. The van der Waals surface area contributed by atoms with Crippen LogP contribution in [0.2, 0.25) is 0 Å². The maximum atomic E-state index is 13.0. The molecular weight excluding hydrogens is 283 g/mol. The summed E-state index contributed by atoms with van der Waals surface area (Å²) in [5.74, 6) is 0.189. The fourth-order valence-corrected chi connectivity index (χ4v) is 2.81. The van der Waals surface area contributed by atoms with Crippen molar-refractivity contribution in [3.8, 4) is 0 Å². The lowest BCUT2D eigenvalue weighted by Crippen LogP contribution is -2.24. The molecule has 110 valence electrons. The first kappa shape index (κ1) is 13.0. The molecule has 1 amide bonds. The number of hydrogen-bond donors (Lipinski definition) is 0. The number of nitrogens with zero attached hydrogens (tertiary/aromatic N) is 2. The molecule has 4 nitrogen and oxygen atoms in total. The van der Waals surface area contributed by atoms with Crippen molar-refractivity contribution in [1.82, 2.24) is 4.98 Å². The average Bonchev–Trinajstić information content (AvgIpc) is 3.11. The van der Waals surface area contributed by atoms with Crippen molar-refractivity contribution in [2.45, 2.75) is 12.3 Å². The third-order valence-corrected chi connectivity index (χ3v) is 3.92. The number of anilines is 1. The predicted molar refractivity (Wildman–Crippen MR) is 80.1 cm³/mol. The van der Waals surface area contributed by atoms with Gasteiger partial charge >= 0.3 is 0 Å². The van der Waals surface area contributed by atoms with Crippen LogP contribution in [0.4, 0.5) is 10.1 Å². The molecule has 1 unspecified atom stereocenters. The SMILES string of the molecule is O=C1CC(c2nc3ccccc3o2)CN1c1ccc(F)cc1. The average molecular weight is 296 g/mol. The minimum Gasteiger partial charge on any atom is -0.440 e. The van der Waals surface area contributed by atoms with Crippen LogP contribution in [0.3, 0.4) is 0 Å². The third-order valence-electron chi connectivity index (χ3n) is 3.92. The van der Waals surface area contributed by atoms with Crippen LogP contribution in [-0.4, -0.2) is 17.4 Å². The summed E-state index contributed by atoms with van der Waals surface area (Å²) in [4.78, 5) is 18.3. The Labute approximate surface area is 126 Å². The van der Waals surface area contributed by atoms with Gasteiger partial charge in [-0.3, -0.25) is 4.79 Å². The van der Waals surface area contributed by atoms with Crippen LogP contribution in [-0.2, 0) is 4.79 Å². The lowest BCUT2D eigenvalue weighted by molar-refractivity contribution is -0.117. The lowest BCUT2D eigenvalue weighted by Gasteiger charge is -2.15. The van der Waals surface area contributed by atoms with Crippen LogP contribution in [0, 0.1) is 5.82 Å². The molecule has 0 spiro atoms. The van der Waals surface area contributed by atoms with Crippen molar-refractivity contribution in [1.29, 1.82) is 0 Å². The Morgan fingerprint density at radius 2 is 1.91 bits per heavy atom. The van der Waals surface area contributed by atoms with Crippen LogP contribution >= 0.6 is 0 Å². The van der Waals surface area contributed by atoms with E-state index in [9.17, 15) is 9.18 Å². The second-order valence-electron chi connectivity index (χ2n) is 5.40. The Kier molecular flexibility index (Phi) is 2.92. The Hall–Kier alpha value is -2.69. The standard InChI is InChI=1S/C17H13FN2O2/c18-12-5-7-13(8-6-12)20-10-11(9-16(20)21)17-19-14-3-1-2-4-15(14)22-17/h1-8,11H,9-10H2. The molecule has 2 heterocycles. The Morgan fingerprint density at radius 3 is 2.68 bits per heavy atom. The van der Waals surface area contributed by atoms with E-state index in [0.29, 0.717) is 24.5 Å². The molecule has 0 aliphatic carbocycles. The van der Waals surface area contributed by atoms with Gasteiger partial charge in [-0.25, -0.2) is 9.37 Å². The molecule has 0 saturated carbocycles. The van der Waals surface area contributed by atoms with Crippen molar-refractivity contribution in [2.75, 3.05) is 11.4 Å². The Bertz CT molecular complexity index is 808. The topological polar surface area (TPSA) is 46.3 Å². The van der Waals surface area contributed by atoms with E-state index in [4.69, 9.17) is 4.42 Å². The second kappa shape index (κ2) is 4.94.